The third kappa shape index (κ3) is 5.16. The number of rotatable bonds is 3. The maximum Gasteiger partial charge on any atom is 0.194 e. The van der Waals surface area contributed by atoms with Crippen molar-refractivity contribution in [1.82, 2.24) is 15.4 Å². The van der Waals surface area contributed by atoms with Gasteiger partial charge < -0.3 is 14.7 Å². The smallest absolute Gasteiger partial charge is 0.194 e. The molecule has 1 saturated heterocycles. The summed E-state index contributed by atoms with van der Waals surface area (Å²) in [5.41, 5.74) is 0.862. The van der Waals surface area contributed by atoms with Crippen molar-refractivity contribution in [2.45, 2.75) is 32.1 Å². The van der Waals surface area contributed by atoms with Crippen LogP contribution in [0.1, 0.15) is 26.5 Å². The molecule has 5 nitrogen and oxygen atoms in total. The van der Waals surface area contributed by atoms with E-state index in [9.17, 15) is 0 Å². The first kappa shape index (κ1) is 17.6. The van der Waals surface area contributed by atoms with E-state index in [1.165, 1.54) is 0 Å². The molecule has 1 aromatic rings. The molecule has 0 saturated carbocycles. The van der Waals surface area contributed by atoms with Gasteiger partial charge in [0.15, 0.2) is 5.96 Å². The number of aliphatic imine (C=N–C) groups is 1. The van der Waals surface area contributed by atoms with E-state index in [2.05, 4.69) is 41.1 Å². The SMILES string of the molecule is CCNC(=NCc1ccon1)N1CCSC(C)(C)C1.I. The monoisotopic (exact) mass is 410 g/mol. The van der Waals surface area contributed by atoms with Crippen LogP contribution in [0.15, 0.2) is 21.8 Å². The lowest BCUT2D eigenvalue weighted by Gasteiger charge is -2.39. The lowest BCUT2D eigenvalue weighted by Crippen LogP contribution is -2.50. The molecule has 1 aliphatic rings. The number of hydrogen-bond donors (Lipinski definition) is 1. The van der Waals surface area contributed by atoms with E-state index in [1.807, 2.05) is 17.8 Å². The van der Waals surface area contributed by atoms with E-state index in [0.717, 1.165) is 37.0 Å². The van der Waals surface area contributed by atoms with Gasteiger partial charge >= 0.3 is 0 Å². The van der Waals surface area contributed by atoms with Gasteiger partial charge in [-0.05, 0) is 20.8 Å². The van der Waals surface area contributed by atoms with Crippen LogP contribution in [0, 0.1) is 0 Å². The highest BCUT2D eigenvalue weighted by molar-refractivity contribution is 14.0. The van der Waals surface area contributed by atoms with Crippen LogP contribution >= 0.6 is 35.7 Å². The number of halogens is 1. The van der Waals surface area contributed by atoms with Crippen LogP contribution < -0.4 is 5.32 Å². The molecule has 7 heteroatoms. The van der Waals surface area contributed by atoms with E-state index in [-0.39, 0.29) is 28.7 Å². The van der Waals surface area contributed by atoms with Gasteiger partial charge in [-0.25, -0.2) is 4.99 Å². The second-order valence-corrected chi connectivity index (χ2v) is 6.99. The molecule has 114 valence electrons. The molecule has 2 heterocycles. The Morgan fingerprint density at radius 3 is 3.00 bits per heavy atom. The molecular weight excluding hydrogens is 387 g/mol. The van der Waals surface area contributed by atoms with Crippen LogP contribution in [-0.2, 0) is 6.54 Å². The minimum atomic E-state index is 0. The van der Waals surface area contributed by atoms with Crippen molar-refractivity contribution in [2.75, 3.05) is 25.4 Å². The minimum Gasteiger partial charge on any atom is -0.364 e. The summed E-state index contributed by atoms with van der Waals surface area (Å²) >= 11 is 2.02. The predicted octanol–water partition coefficient (Wildman–Crippen LogP) is 2.59. The van der Waals surface area contributed by atoms with E-state index < -0.39 is 0 Å². The quantitative estimate of drug-likeness (QED) is 0.472. The minimum absolute atomic E-state index is 0. The Hall–Kier alpha value is -0.440. The highest BCUT2D eigenvalue weighted by Gasteiger charge is 2.28. The molecule has 1 aromatic heterocycles. The van der Waals surface area contributed by atoms with E-state index in [0.29, 0.717) is 6.54 Å². The summed E-state index contributed by atoms with van der Waals surface area (Å²) in [4.78, 5) is 6.98. The van der Waals surface area contributed by atoms with Crippen molar-refractivity contribution in [2.24, 2.45) is 4.99 Å². The summed E-state index contributed by atoms with van der Waals surface area (Å²) in [6, 6.07) is 1.85. The zero-order chi connectivity index (χ0) is 13.7. The van der Waals surface area contributed by atoms with Crippen LogP contribution in [0.5, 0.6) is 0 Å². The van der Waals surface area contributed by atoms with Crippen molar-refractivity contribution in [3.63, 3.8) is 0 Å². The number of nitrogens with one attached hydrogen (secondary N) is 1. The second kappa shape index (κ2) is 8.11. The molecule has 1 fully saturated rings. The van der Waals surface area contributed by atoms with Gasteiger partial charge in [0, 0.05) is 36.2 Å². The maximum absolute atomic E-state index is 4.83. The summed E-state index contributed by atoms with van der Waals surface area (Å²) in [5, 5.41) is 7.25. The van der Waals surface area contributed by atoms with Crippen LogP contribution in [0.2, 0.25) is 0 Å². The zero-order valence-electron chi connectivity index (χ0n) is 12.3. The molecule has 0 spiro atoms. The predicted molar refractivity (Wildman–Crippen MR) is 94.8 cm³/mol. The summed E-state index contributed by atoms with van der Waals surface area (Å²) in [5.74, 6) is 2.11. The average molecular weight is 410 g/mol. The summed E-state index contributed by atoms with van der Waals surface area (Å²) in [6.45, 7) is 10.1. The molecule has 0 bridgehead atoms. The Bertz CT molecular complexity index is 422. The first-order valence-corrected chi connectivity index (χ1v) is 7.66. The summed E-state index contributed by atoms with van der Waals surface area (Å²) < 4.78 is 5.11. The van der Waals surface area contributed by atoms with Gasteiger partial charge in [0.2, 0.25) is 0 Å². The number of nitrogens with zero attached hydrogens (tertiary/aromatic N) is 3. The molecule has 0 atom stereocenters. The van der Waals surface area contributed by atoms with Crippen molar-refractivity contribution >= 4 is 41.7 Å². The van der Waals surface area contributed by atoms with E-state index in [4.69, 9.17) is 4.52 Å². The number of thioether (sulfide) groups is 1. The lowest BCUT2D eigenvalue weighted by atomic mass is 10.2. The highest BCUT2D eigenvalue weighted by atomic mass is 127. The first-order valence-electron chi connectivity index (χ1n) is 6.67. The average Bonchev–Trinajstić information content (AvgIpc) is 2.86. The summed E-state index contributed by atoms with van der Waals surface area (Å²) in [7, 11) is 0. The van der Waals surface area contributed by atoms with Gasteiger partial charge in [-0.15, -0.1) is 24.0 Å². The fraction of sp³-hybridized carbons (Fsp3) is 0.692. The Labute approximate surface area is 142 Å². The number of aromatic nitrogens is 1. The van der Waals surface area contributed by atoms with Crippen LogP contribution in [-0.4, -0.2) is 46.2 Å². The molecule has 0 aliphatic carbocycles. The first-order chi connectivity index (χ1) is 9.11. The largest absolute Gasteiger partial charge is 0.364 e. The van der Waals surface area contributed by atoms with Crippen molar-refractivity contribution in [1.29, 1.82) is 0 Å². The third-order valence-electron chi connectivity index (χ3n) is 2.94. The molecule has 0 aromatic carbocycles. The van der Waals surface area contributed by atoms with Gasteiger partial charge in [0.25, 0.3) is 0 Å². The van der Waals surface area contributed by atoms with Gasteiger partial charge in [0.05, 0.1) is 6.54 Å². The highest BCUT2D eigenvalue weighted by Crippen LogP contribution is 2.29. The fourth-order valence-electron chi connectivity index (χ4n) is 2.10. The molecule has 20 heavy (non-hydrogen) atoms. The lowest BCUT2D eigenvalue weighted by molar-refractivity contribution is 0.375. The van der Waals surface area contributed by atoms with Gasteiger partial charge in [0.1, 0.15) is 12.0 Å². The van der Waals surface area contributed by atoms with Crippen LogP contribution in [0.4, 0.5) is 0 Å². The molecule has 0 radical (unpaired) electrons. The molecular formula is C13H23IN4OS. The Morgan fingerprint density at radius 1 is 1.60 bits per heavy atom. The van der Waals surface area contributed by atoms with Crippen molar-refractivity contribution in [3.8, 4) is 0 Å². The van der Waals surface area contributed by atoms with Crippen LogP contribution in [0.25, 0.3) is 0 Å². The molecule has 2 rings (SSSR count). The topological polar surface area (TPSA) is 53.7 Å². The molecule has 0 amide bonds. The van der Waals surface area contributed by atoms with Crippen LogP contribution in [0.3, 0.4) is 0 Å². The van der Waals surface area contributed by atoms with E-state index in [1.54, 1.807) is 6.26 Å². The van der Waals surface area contributed by atoms with Crippen molar-refractivity contribution < 1.29 is 4.52 Å². The molecule has 1 N–H and O–H groups in total. The van der Waals surface area contributed by atoms with Gasteiger partial charge in [-0.2, -0.15) is 11.8 Å². The fourth-order valence-corrected chi connectivity index (χ4v) is 3.21. The maximum atomic E-state index is 4.83. The second-order valence-electron chi connectivity index (χ2n) is 5.19. The molecule has 1 aliphatic heterocycles. The number of guanidine groups is 1. The van der Waals surface area contributed by atoms with Gasteiger partial charge in [-0.3, -0.25) is 0 Å². The zero-order valence-corrected chi connectivity index (χ0v) is 15.4. The van der Waals surface area contributed by atoms with Gasteiger partial charge in [-0.1, -0.05) is 5.16 Å². The Kier molecular flexibility index (Phi) is 7.14. The summed E-state index contributed by atoms with van der Waals surface area (Å²) in [6.07, 6.45) is 1.58. The number of hydrogen-bond acceptors (Lipinski definition) is 4. The Morgan fingerprint density at radius 2 is 2.40 bits per heavy atom. The van der Waals surface area contributed by atoms with Crippen molar-refractivity contribution in [3.05, 3.63) is 18.0 Å². The standard InChI is InChI=1S/C13H22N4OS.HI/c1-4-14-12(15-9-11-5-7-18-16-11)17-6-8-19-13(2,3)10-17;/h5,7H,4,6,8-10H2,1-3H3,(H,14,15);1H. The molecule has 0 unspecified atom stereocenters. The third-order valence-corrected chi connectivity index (χ3v) is 4.24. The normalized spacial score (nSPS) is 18.6. The van der Waals surface area contributed by atoms with E-state index >= 15 is 0 Å². The Balaban J connectivity index is 0.00000200.